The maximum absolute atomic E-state index is 14.2. The average molecular weight is 229 g/mol. The molecule has 0 spiro atoms. The largest absolute Gasteiger partial charge is 0.314 e. The summed E-state index contributed by atoms with van der Waals surface area (Å²) in [5.41, 5.74) is -1.33. The minimum absolute atomic E-state index is 0.0659. The van der Waals surface area contributed by atoms with E-state index in [1.54, 1.807) is 0 Å². The highest BCUT2D eigenvalue weighted by Gasteiger charge is 2.32. The number of hydrogen-bond donors (Lipinski definition) is 1. The fourth-order valence-corrected chi connectivity index (χ4v) is 2.10. The lowest BCUT2D eigenvalue weighted by Gasteiger charge is -2.30. The Labute approximate surface area is 92.7 Å². The molecule has 1 N–H and O–H groups in total. The zero-order chi connectivity index (χ0) is 11.6. The van der Waals surface area contributed by atoms with Crippen molar-refractivity contribution in [2.45, 2.75) is 24.9 Å². The maximum Gasteiger partial charge on any atom is 0.127 e. The Morgan fingerprint density at radius 3 is 2.81 bits per heavy atom. The normalized spacial score (nSPS) is 25.7. The van der Waals surface area contributed by atoms with E-state index in [0.717, 1.165) is 31.2 Å². The topological polar surface area (TPSA) is 12.0 Å². The van der Waals surface area contributed by atoms with Crippen molar-refractivity contribution in [3.05, 3.63) is 35.4 Å². The Kier molecular flexibility index (Phi) is 3.19. The molecule has 0 aliphatic carbocycles. The van der Waals surface area contributed by atoms with Gasteiger partial charge in [0.2, 0.25) is 0 Å². The Bertz CT molecular complexity index is 373. The first-order valence-electron chi connectivity index (χ1n) is 5.43. The third kappa shape index (κ3) is 2.55. The molecule has 1 aromatic carbocycles. The molecule has 1 nitrogen and oxygen atoms in total. The number of nitrogens with one attached hydrogen (secondary N) is 1. The van der Waals surface area contributed by atoms with Crippen LogP contribution in [0.5, 0.6) is 0 Å². The van der Waals surface area contributed by atoms with Crippen molar-refractivity contribution in [2.75, 3.05) is 13.1 Å². The average Bonchev–Trinajstić information content (AvgIpc) is 2.24. The van der Waals surface area contributed by atoms with Gasteiger partial charge in [-0.3, -0.25) is 0 Å². The molecule has 0 radical (unpaired) electrons. The molecule has 4 heteroatoms. The van der Waals surface area contributed by atoms with E-state index in [0.29, 0.717) is 6.42 Å². The van der Waals surface area contributed by atoms with Crippen LogP contribution in [0.3, 0.4) is 0 Å². The molecule has 1 heterocycles. The van der Waals surface area contributed by atoms with E-state index in [2.05, 4.69) is 5.32 Å². The fraction of sp³-hybridized carbons (Fsp3) is 0.500. The summed E-state index contributed by atoms with van der Waals surface area (Å²) in [5, 5.41) is 2.94. The third-order valence-electron chi connectivity index (χ3n) is 2.94. The molecule has 1 saturated heterocycles. The summed E-state index contributed by atoms with van der Waals surface area (Å²) in [6.07, 6.45) is 1.06. The molecule has 1 unspecified atom stereocenters. The van der Waals surface area contributed by atoms with Gasteiger partial charge in [-0.05, 0) is 43.1 Å². The van der Waals surface area contributed by atoms with Crippen molar-refractivity contribution in [3.8, 4) is 0 Å². The van der Waals surface area contributed by atoms with Gasteiger partial charge in [0.15, 0.2) is 0 Å². The summed E-state index contributed by atoms with van der Waals surface area (Å²) >= 11 is 0. The SMILES string of the molecule is Fc1ccc(F)c(CC2(F)CCCNC2)c1. The Morgan fingerprint density at radius 1 is 1.31 bits per heavy atom. The predicted molar refractivity (Wildman–Crippen MR) is 56.0 cm³/mol. The summed E-state index contributed by atoms with van der Waals surface area (Å²) in [6, 6.07) is 3.17. The molecule has 0 aromatic heterocycles. The molecular weight excluding hydrogens is 215 g/mol. The summed E-state index contributed by atoms with van der Waals surface area (Å²) in [5.74, 6) is -1.06. The molecule has 1 atom stereocenters. The van der Waals surface area contributed by atoms with E-state index < -0.39 is 17.3 Å². The van der Waals surface area contributed by atoms with Crippen LogP contribution in [0.1, 0.15) is 18.4 Å². The second-order valence-electron chi connectivity index (χ2n) is 4.34. The lowest BCUT2D eigenvalue weighted by atomic mass is 9.89. The minimum atomic E-state index is -1.45. The van der Waals surface area contributed by atoms with Gasteiger partial charge < -0.3 is 5.32 Å². The van der Waals surface area contributed by atoms with E-state index >= 15 is 0 Å². The molecule has 0 bridgehead atoms. The van der Waals surface area contributed by atoms with Gasteiger partial charge in [-0.25, -0.2) is 13.2 Å². The van der Waals surface area contributed by atoms with Crippen LogP contribution < -0.4 is 5.32 Å². The van der Waals surface area contributed by atoms with E-state index in [9.17, 15) is 13.2 Å². The Hall–Kier alpha value is -1.03. The zero-order valence-electron chi connectivity index (χ0n) is 8.90. The molecule has 1 aliphatic rings. The maximum atomic E-state index is 14.2. The molecule has 1 aliphatic heterocycles. The van der Waals surface area contributed by atoms with Crippen molar-refractivity contribution in [2.24, 2.45) is 0 Å². The first-order chi connectivity index (χ1) is 7.59. The van der Waals surface area contributed by atoms with Crippen molar-refractivity contribution >= 4 is 0 Å². The molecular formula is C12H14F3N. The number of piperidine rings is 1. The van der Waals surface area contributed by atoms with Crippen molar-refractivity contribution in [1.29, 1.82) is 0 Å². The summed E-state index contributed by atoms with van der Waals surface area (Å²) in [6.45, 7) is 1.00. The molecule has 1 fully saturated rings. The van der Waals surface area contributed by atoms with Crippen LogP contribution in [-0.2, 0) is 6.42 Å². The van der Waals surface area contributed by atoms with Crippen LogP contribution in [-0.4, -0.2) is 18.8 Å². The molecule has 2 rings (SSSR count). The van der Waals surface area contributed by atoms with E-state index in [1.165, 1.54) is 0 Å². The Balaban J connectivity index is 2.15. The van der Waals surface area contributed by atoms with Gasteiger partial charge in [-0.1, -0.05) is 0 Å². The highest BCUT2D eigenvalue weighted by atomic mass is 19.1. The molecule has 0 saturated carbocycles. The second-order valence-corrected chi connectivity index (χ2v) is 4.34. The third-order valence-corrected chi connectivity index (χ3v) is 2.94. The Morgan fingerprint density at radius 2 is 2.12 bits per heavy atom. The predicted octanol–water partition coefficient (Wildman–Crippen LogP) is 2.60. The molecule has 0 amide bonds. The number of benzene rings is 1. The standard InChI is InChI=1S/C12H14F3N/c13-10-2-3-11(14)9(6-10)7-12(15)4-1-5-16-8-12/h2-3,6,16H,1,4-5,7-8H2. The smallest absolute Gasteiger partial charge is 0.127 e. The lowest BCUT2D eigenvalue weighted by molar-refractivity contribution is 0.121. The zero-order valence-corrected chi connectivity index (χ0v) is 8.90. The van der Waals surface area contributed by atoms with Crippen LogP contribution >= 0.6 is 0 Å². The minimum Gasteiger partial charge on any atom is -0.314 e. The molecule has 16 heavy (non-hydrogen) atoms. The number of hydrogen-bond acceptors (Lipinski definition) is 1. The summed E-state index contributed by atoms with van der Waals surface area (Å²) in [4.78, 5) is 0. The van der Waals surface area contributed by atoms with Crippen molar-refractivity contribution in [1.82, 2.24) is 5.32 Å². The highest BCUT2D eigenvalue weighted by Crippen LogP contribution is 2.27. The molecule has 88 valence electrons. The van der Waals surface area contributed by atoms with E-state index in [-0.39, 0.29) is 18.5 Å². The van der Waals surface area contributed by atoms with E-state index in [1.807, 2.05) is 0 Å². The first-order valence-corrected chi connectivity index (χ1v) is 5.43. The van der Waals surface area contributed by atoms with E-state index in [4.69, 9.17) is 0 Å². The highest BCUT2D eigenvalue weighted by molar-refractivity contribution is 5.21. The van der Waals surface area contributed by atoms with Gasteiger partial charge >= 0.3 is 0 Å². The summed E-state index contributed by atoms with van der Waals surface area (Å²) < 4.78 is 40.5. The van der Waals surface area contributed by atoms with Crippen LogP contribution in [0.25, 0.3) is 0 Å². The second kappa shape index (κ2) is 4.45. The summed E-state index contributed by atoms with van der Waals surface area (Å²) in [7, 11) is 0. The van der Waals surface area contributed by atoms with Crippen LogP contribution in [0, 0.1) is 11.6 Å². The van der Waals surface area contributed by atoms with Crippen molar-refractivity contribution < 1.29 is 13.2 Å². The van der Waals surface area contributed by atoms with Gasteiger partial charge in [0.05, 0.1) is 0 Å². The van der Waals surface area contributed by atoms with Gasteiger partial charge in [0.1, 0.15) is 17.3 Å². The number of halogens is 3. The number of alkyl halides is 1. The van der Waals surface area contributed by atoms with Gasteiger partial charge in [-0.15, -0.1) is 0 Å². The molecule has 1 aromatic rings. The van der Waals surface area contributed by atoms with Gasteiger partial charge in [0, 0.05) is 13.0 Å². The number of rotatable bonds is 2. The van der Waals surface area contributed by atoms with Crippen LogP contribution in [0.15, 0.2) is 18.2 Å². The van der Waals surface area contributed by atoms with Crippen LogP contribution in [0.2, 0.25) is 0 Å². The fourth-order valence-electron chi connectivity index (χ4n) is 2.10. The van der Waals surface area contributed by atoms with Crippen molar-refractivity contribution in [3.63, 3.8) is 0 Å². The van der Waals surface area contributed by atoms with Gasteiger partial charge in [0.25, 0.3) is 0 Å². The lowest BCUT2D eigenvalue weighted by Crippen LogP contribution is -2.43. The quantitative estimate of drug-likeness (QED) is 0.822. The monoisotopic (exact) mass is 229 g/mol. The van der Waals surface area contributed by atoms with Gasteiger partial charge in [-0.2, -0.15) is 0 Å². The first kappa shape index (κ1) is 11.5. The van der Waals surface area contributed by atoms with Crippen LogP contribution in [0.4, 0.5) is 13.2 Å².